The van der Waals surface area contributed by atoms with Gasteiger partial charge in [0.05, 0.1) is 17.8 Å². The topological polar surface area (TPSA) is 60.2 Å². The van der Waals surface area contributed by atoms with Crippen molar-refractivity contribution in [2.45, 2.75) is 31.5 Å². The molecule has 0 atom stereocenters. The first-order chi connectivity index (χ1) is 12.5. The Morgan fingerprint density at radius 3 is 2.35 bits per heavy atom. The van der Waals surface area contributed by atoms with E-state index in [1.54, 1.807) is 16.4 Å². The fraction of sp³-hybridized carbons (Fsp3) is 0.250. The lowest BCUT2D eigenvalue weighted by Gasteiger charge is -2.16. The van der Waals surface area contributed by atoms with E-state index in [-0.39, 0.29) is 5.54 Å². The van der Waals surface area contributed by atoms with Crippen LogP contribution in [0.1, 0.15) is 26.3 Å². The van der Waals surface area contributed by atoms with Gasteiger partial charge in [-0.25, -0.2) is 0 Å². The lowest BCUT2D eigenvalue weighted by molar-refractivity contribution is -0.709. The van der Waals surface area contributed by atoms with Crippen molar-refractivity contribution < 1.29 is 5.32 Å². The summed E-state index contributed by atoms with van der Waals surface area (Å²) in [6.45, 7) is 7.54. The maximum Gasteiger partial charge on any atom is 0.218 e. The average Bonchev–Trinajstić information content (AvgIpc) is 3.09. The number of tetrazole rings is 1. The minimum absolute atomic E-state index is 0.189. The zero-order valence-electron chi connectivity index (χ0n) is 15.3. The van der Waals surface area contributed by atoms with Gasteiger partial charge in [-0.3, -0.25) is 0 Å². The van der Waals surface area contributed by atoms with Crippen LogP contribution in [0.4, 0.5) is 0 Å². The van der Waals surface area contributed by atoms with Crippen LogP contribution in [0.2, 0.25) is 0 Å². The van der Waals surface area contributed by atoms with Gasteiger partial charge < -0.3 is 5.32 Å². The molecule has 6 heteroatoms. The molecule has 0 saturated carbocycles. The summed E-state index contributed by atoms with van der Waals surface area (Å²) in [5.41, 5.74) is 2.31. The molecule has 134 valence electrons. The van der Waals surface area contributed by atoms with E-state index >= 15 is 0 Å². The van der Waals surface area contributed by atoms with Crippen molar-refractivity contribution in [1.82, 2.24) is 20.2 Å². The van der Waals surface area contributed by atoms with Crippen LogP contribution in [0.15, 0.2) is 71.9 Å². The van der Waals surface area contributed by atoms with Crippen molar-refractivity contribution in [3.05, 3.63) is 72.3 Å². The molecule has 0 fully saturated rings. The van der Waals surface area contributed by atoms with Gasteiger partial charge >= 0.3 is 0 Å². The predicted octanol–water partition coefficient (Wildman–Crippen LogP) is 3.16. The van der Waals surface area contributed by atoms with Crippen molar-refractivity contribution in [3.63, 3.8) is 0 Å². The highest BCUT2D eigenvalue weighted by atomic mass is 32.2. The molecule has 0 aliphatic rings. The lowest BCUT2D eigenvalue weighted by atomic mass is 10.1. The van der Waals surface area contributed by atoms with Gasteiger partial charge in [-0.15, -0.1) is 5.10 Å². The third kappa shape index (κ3) is 5.03. The molecule has 0 spiro atoms. The monoisotopic (exact) mass is 366 g/mol. The van der Waals surface area contributed by atoms with Gasteiger partial charge in [0, 0.05) is 4.91 Å². The van der Waals surface area contributed by atoms with Gasteiger partial charge in [0.15, 0.2) is 0 Å². The molecule has 0 aliphatic carbocycles. The van der Waals surface area contributed by atoms with Crippen molar-refractivity contribution in [2.75, 3.05) is 6.54 Å². The Labute approximate surface area is 158 Å². The van der Waals surface area contributed by atoms with Crippen LogP contribution in [0.5, 0.6) is 0 Å². The second-order valence-corrected chi connectivity index (χ2v) is 8.06. The number of aromatic nitrogens is 4. The van der Waals surface area contributed by atoms with E-state index in [9.17, 15) is 0 Å². The number of thioether (sulfide) groups is 1. The maximum absolute atomic E-state index is 4.23. The van der Waals surface area contributed by atoms with Crippen molar-refractivity contribution in [2.24, 2.45) is 0 Å². The lowest BCUT2D eigenvalue weighted by Crippen LogP contribution is -2.94. The fourth-order valence-electron chi connectivity index (χ4n) is 2.41. The first kappa shape index (κ1) is 18.4. The number of hydrogen-bond donors (Lipinski definition) is 1. The second-order valence-electron chi connectivity index (χ2n) is 7.05. The molecular weight excluding hydrogens is 342 g/mol. The summed E-state index contributed by atoms with van der Waals surface area (Å²) in [6, 6.07) is 20.3. The molecule has 5 nitrogen and oxygen atoms in total. The van der Waals surface area contributed by atoms with Gasteiger partial charge in [-0.05, 0) is 66.7 Å². The Morgan fingerprint density at radius 1 is 1.04 bits per heavy atom. The maximum atomic E-state index is 4.23. The summed E-state index contributed by atoms with van der Waals surface area (Å²) in [5.74, 6) is 0. The summed E-state index contributed by atoms with van der Waals surface area (Å²) >= 11 is 1.59. The minimum atomic E-state index is 0.189. The molecule has 2 N–H and O–H groups in total. The number of nitrogens with zero attached hydrogens (tertiary/aromatic N) is 4. The van der Waals surface area contributed by atoms with E-state index in [1.165, 1.54) is 5.56 Å². The van der Waals surface area contributed by atoms with Crippen LogP contribution in [-0.4, -0.2) is 32.3 Å². The fourth-order valence-corrected chi connectivity index (χ4v) is 3.35. The summed E-state index contributed by atoms with van der Waals surface area (Å²) in [6.07, 6.45) is 2.25. The third-order valence-electron chi connectivity index (χ3n) is 3.73. The molecule has 3 rings (SSSR count). The van der Waals surface area contributed by atoms with E-state index in [4.69, 9.17) is 0 Å². The third-order valence-corrected chi connectivity index (χ3v) is 4.79. The molecule has 1 heterocycles. The molecule has 0 amide bonds. The van der Waals surface area contributed by atoms with Crippen LogP contribution < -0.4 is 5.32 Å². The van der Waals surface area contributed by atoms with E-state index in [0.29, 0.717) is 0 Å². The molecular formula is C20H24N5S+. The Bertz CT molecular complexity index is 851. The molecule has 26 heavy (non-hydrogen) atoms. The van der Waals surface area contributed by atoms with Gasteiger partial charge in [0.1, 0.15) is 0 Å². The van der Waals surface area contributed by atoms with Crippen molar-refractivity contribution in [1.29, 1.82) is 0 Å². The molecule has 0 bridgehead atoms. The average molecular weight is 367 g/mol. The SMILES string of the molecule is CC(C)(C)[NH2+]C/C=C(/Sc1nnnn1-c1ccccc1)c1ccccc1. The first-order valence-corrected chi connectivity index (χ1v) is 9.46. The van der Waals surface area contributed by atoms with Crippen LogP contribution >= 0.6 is 11.8 Å². The summed E-state index contributed by atoms with van der Waals surface area (Å²) in [7, 11) is 0. The normalized spacial score (nSPS) is 12.3. The zero-order chi connectivity index (χ0) is 18.4. The smallest absolute Gasteiger partial charge is 0.218 e. The summed E-state index contributed by atoms with van der Waals surface area (Å²) < 4.78 is 1.77. The van der Waals surface area contributed by atoms with Crippen LogP contribution in [0.3, 0.4) is 0 Å². The van der Waals surface area contributed by atoms with Crippen LogP contribution in [0.25, 0.3) is 10.6 Å². The zero-order valence-corrected chi connectivity index (χ0v) is 16.1. The molecule has 0 radical (unpaired) electrons. The number of nitrogens with two attached hydrogens (primary N) is 1. The summed E-state index contributed by atoms with van der Waals surface area (Å²) in [4.78, 5) is 1.15. The number of rotatable bonds is 6. The standard InChI is InChI=1S/C20H23N5S/c1-20(2,3)21-15-14-18(16-10-6-4-7-11-16)26-19-22-23-24-25(19)17-12-8-5-9-13-17/h4-14,21H,15H2,1-3H3/p+1/b18-14+. The van der Waals surface area contributed by atoms with Gasteiger partial charge in [-0.2, -0.15) is 4.68 Å². The molecule has 2 aromatic carbocycles. The van der Waals surface area contributed by atoms with Gasteiger partial charge in [0.2, 0.25) is 5.16 Å². The highest BCUT2D eigenvalue weighted by molar-refractivity contribution is 8.08. The minimum Gasteiger partial charge on any atom is -0.339 e. The van der Waals surface area contributed by atoms with Crippen LogP contribution in [0, 0.1) is 0 Å². The largest absolute Gasteiger partial charge is 0.339 e. The Hall–Kier alpha value is -2.44. The predicted molar refractivity (Wildman–Crippen MR) is 106 cm³/mol. The Morgan fingerprint density at radius 2 is 1.69 bits per heavy atom. The van der Waals surface area contributed by atoms with E-state index in [1.807, 2.05) is 36.4 Å². The highest BCUT2D eigenvalue weighted by Crippen LogP contribution is 2.33. The van der Waals surface area contributed by atoms with E-state index in [0.717, 1.165) is 22.3 Å². The Balaban J connectivity index is 1.87. The van der Waals surface area contributed by atoms with Gasteiger partial charge in [0.25, 0.3) is 0 Å². The van der Waals surface area contributed by atoms with E-state index in [2.05, 4.69) is 72.0 Å². The second kappa shape index (κ2) is 8.29. The summed E-state index contributed by atoms with van der Waals surface area (Å²) in [5, 5.41) is 15.3. The molecule has 1 aromatic heterocycles. The number of benzene rings is 2. The molecule has 0 saturated heterocycles. The number of para-hydroxylation sites is 1. The quantitative estimate of drug-likeness (QED) is 0.681. The number of quaternary nitrogens is 1. The first-order valence-electron chi connectivity index (χ1n) is 8.64. The molecule has 0 unspecified atom stereocenters. The Kier molecular flexibility index (Phi) is 5.85. The molecule has 0 aliphatic heterocycles. The highest BCUT2D eigenvalue weighted by Gasteiger charge is 2.15. The van der Waals surface area contributed by atoms with Crippen molar-refractivity contribution in [3.8, 4) is 5.69 Å². The number of hydrogen-bond acceptors (Lipinski definition) is 4. The van der Waals surface area contributed by atoms with Crippen molar-refractivity contribution >= 4 is 16.7 Å². The van der Waals surface area contributed by atoms with Crippen LogP contribution in [-0.2, 0) is 0 Å². The van der Waals surface area contributed by atoms with E-state index < -0.39 is 0 Å². The molecule has 3 aromatic rings. The van der Waals surface area contributed by atoms with Gasteiger partial charge in [-0.1, -0.05) is 48.5 Å².